The molecule has 0 spiro atoms. The van der Waals surface area contributed by atoms with Crippen molar-refractivity contribution < 1.29 is 0 Å². The minimum absolute atomic E-state index is 0.276. The number of nitrogens with zero attached hydrogens (tertiary/aromatic N) is 6. The van der Waals surface area contributed by atoms with Gasteiger partial charge in [0.25, 0.3) is 0 Å². The van der Waals surface area contributed by atoms with Crippen LogP contribution in [0.3, 0.4) is 0 Å². The number of nitrogens with one attached hydrogen (secondary N) is 1. The topological polar surface area (TPSA) is 71.3 Å². The van der Waals surface area contributed by atoms with Gasteiger partial charge in [0, 0.05) is 84.9 Å². The second kappa shape index (κ2) is 14.4. The molecule has 0 radical (unpaired) electrons. The van der Waals surface area contributed by atoms with Crippen LogP contribution in [0, 0.1) is 35.0 Å². The van der Waals surface area contributed by atoms with Gasteiger partial charge in [-0.25, -0.2) is 9.97 Å². The van der Waals surface area contributed by atoms with Gasteiger partial charge in [-0.05, 0) is 62.1 Å². The number of aromatic nitrogens is 2. The van der Waals surface area contributed by atoms with Crippen molar-refractivity contribution in [3.63, 3.8) is 0 Å². The Morgan fingerprint density at radius 1 is 0.773 bits per heavy atom. The molecule has 0 amide bonds. The molecule has 3 aromatic rings. The van der Waals surface area contributed by atoms with Gasteiger partial charge in [-0.15, -0.1) is 0 Å². The Kier molecular flexibility index (Phi) is 9.99. The van der Waals surface area contributed by atoms with Crippen LogP contribution in [0.15, 0.2) is 60.9 Å². The normalized spacial score (nSPS) is 24.3. The van der Waals surface area contributed by atoms with Gasteiger partial charge in [0.15, 0.2) is 11.5 Å². The number of rotatable bonds is 1. The molecule has 4 atom stereocenters. The van der Waals surface area contributed by atoms with E-state index >= 15 is 0 Å². The van der Waals surface area contributed by atoms with Gasteiger partial charge >= 0.3 is 0 Å². The van der Waals surface area contributed by atoms with Gasteiger partial charge in [-0.3, -0.25) is 9.80 Å². The monoisotopic (exact) mass is 623 g/mol. The molecule has 7 rings (SSSR count). The number of benzene rings is 2. The molecular weight excluding hydrogens is 589 g/mol. The summed E-state index contributed by atoms with van der Waals surface area (Å²) >= 11 is 12.0. The highest BCUT2D eigenvalue weighted by atomic mass is 35.5. The molecular formula is C35H35Cl2N7. The minimum atomic E-state index is 0.276. The Hall–Kier alpha value is -3.61. The number of fused-ring (bicyclic) bond motifs is 2. The molecule has 4 saturated heterocycles. The van der Waals surface area contributed by atoms with Crippen LogP contribution in [0.1, 0.15) is 42.5 Å². The molecule has 9 heteroatoms. The van der Waals surface area contributed by atoms with Crippen LogP contribution >= 0.6 is 23.2 Å². The molecule has 4 aliphatic rings. The Morgan fingerprint density at radius 2 is 1.41 bits per heavy atom. The molecule has 0 bridgehead atoms. The van der Waals surface area contributed by atoms with Crippen LogP contribution in [0.5, 0.6) is 0 Å². The number of hydrogen-bond acceptors (Lipinski definition) is 7. The molecule has 4 fully saturated rings. The summed E-state index contributed by atoms with van der Waals surface area (Å²) in [5.74, 6) is 14.1. The lowest BCUT2D eigenvalue weighted by molar-refractivity contribution is 0.187. The number of hydrogen-bond donors (Lipinski definition) is 1. The summed E-state index contributed by atoms with van der Waals surface area (Å²) in [7, 11) is 0. The fourth-order valence-corrected chi connectivity index (χ4v) is 7.01. The molecule has 1 N–H and O–H groups in total. The lowest BCUT2D eigenvalue weighted by Crippen LogP contribution is -2.52. The highest BCUT2D eigenvalue weighted by molar-refractivity contribution is 6.30. The van der Waals surface area contributed by atoms with E-state index < -0.39 is 0 Å². The number of piperazine rings is 2. The highest BCUT2D eigenvalue weighted by Gasteiger charge is 2.37. The number of anilines is 1. The Morgan fingerprint density at radius 3 is 2.07 bits per heavy atom. The summed E-state index contributed by atoms with van der Waals surface area (Å²) in [5.41, 5.74) is 2.37. The fourth-order valence-electron chi connectivity index (χ4n) is 6.63. The van der Waals surface area contributed by atoms with Crippen LogP contribution < -0.4 is 10.2 Å². The third-order valence-electron chi connectivity index (χ3n) is 8.77. The van der Waals surface area contributed by atoms with Crippen molar-refractivity contribution in [1.82, 2.24) is 25.1 Å². The van der Waals surface area contributed by atoms with E-state index in [1.165, 1.54) is 12.8 Å². The van der Waals surface area contributed by atoms with E-state index in [0.29, 0.717) is 34.7 Å². The smallest absolute Gasteiger partial charge is 0.183 e. The zero-order chi connectivity index (χ0) is 30.3. The molecule has 7 nitrogen and oxygen atoms in total. The predicted octanol–water partition coefficient (Wildman–Crippen LogP) is 4.83. The molecule has 1 aromatic heterocycles. The van der Waals surface area contributed by atoms with Gasteiger partial charge in [0.2, 0.25) is 0 Å². The molecule has 4 aliphatic heterocycles. The molecule has 2 aromatic carbocycles. The fraction of sp³-hybridized carbons (Fsp3) is 0.400. The maximum absolute atomic E-state index is 9.26. The van der Waals surface area contributed by atoms with Crippen molar-refractivity contribution in [3.05, 3.63) is 87.8 Å². The summed E-state index contributed by atoms with van der Waals surface area (Å²) in [6.45, 7) is 5.95. The third-order valence-corrected chi connectivity index (χ3v) is 9.24. The second-order valence-corrected chi connectivity index (χ2v) is 12.4. The molecule has 0 aliphatic carbocycles. The maximum Gasteiger partial charge on any atom is 0.183 e. The van der Waals surface area contributed by atoms with Crippen LogP contribution in [0.2, 0.25) is 10.0 Å². The van der Waals surface area contributed by atoms with Crippen molar-refractivity contribution >= 4 is 29.0 Å². The van der Waals surface area contributed by atoms with Crippen molar-refractivity contribution in [1.29, 1.82) is 5.26 Å². The Balaban J connectivity index is 0.000000167. The average molecular weight is 625 g/mol. The van der Waals surface area contributed by atoms with E-state index in [-0.39, 0.29) is 6.04 Å². The summed E-state index contributed by atoms with van der Waals surface area (Å²) in [6.07, 6.45) is 7.85. The average Bonchev–Trinajstić information content (AvgIpc) is 3.67. The van der Waals surface area contributed by atoms with Crippen molar-refractivity contribution in [2.24, 2.45) is 0 Å². The first-order valence-electron chi connectivity index (χ1n) is 15.3. The first-order chi connectivity index (χ1) is 21.6. The summed E-state index contributed by atoms with van der Waals surface area (Å²) in [4.78, 5) is 15.7. The lowest BCUT2D eigenvalue weighted by atomic mass is 10.1. The van der Waals surface area contributed by atoms with Gasteiger partial charge in [0.1, 0.15) is 6.07 Å². The highest BCUT2D eigenvalue weighted by Crippen LogP contribution is 2.30. The molecule has 5 heterocycles. The SMILES string of the molecule is Clc1cccc(C#C[C@H]2CC[C@H]3CNCCN32)c1.N#Cc1nccnc1N1CCN2[C@@H](CC[C@@H]2C#Cc2cccc(Cl)c2)C1. The van der Waals surface area contributed by atoms with Crippen LogP contribution in [-0.4, -0.2) is 83.2 Å². The van der Waals surface area contributed by atoms with E-state index in [9.17, 15) is 5.26 Å². The first kappa shape index (κ1) is 30.4. The van der Waals surface area contributed by atoms with Crippen LogP contribution in [-0.2, 0) is 0 Å². The standard InChI is InChI=1S/C20H18ClN5.C15H17ClN2/c21-16-3-1-2-15(12-16)4-5-17-6-7-18-14-25(10-11-26(17)18)20-19(13-22)23-8-9-24-20;16-13-3-1-2-12(10-13)4-5-14-6-7-15-11-17-8-9-18(14)15/h1-3,8-9,12,17-18H,6-7,10-11,14H2;1-3,10,14-15,17H,6-9,11H2/t17-,18-;14-,15-/m00/s1. The number of halogens is 2. The first-order valence-corrected chi connectivity index (χ1v) is 16.1. The summed E-state index contributed by atoms with van der Waals surface area (Å²) in [5, 5.41) is 14.2. The summed E-state index contributed by atoms with van der Waals surface area (Å²) < 4.78 is 0. The van der Waals surface area contributed by atoms with Gasteiger partial charge in [-0.1, -0.05) is 59.0 Å². The van der Waals surface area contributed by atoms with Crippen molar-refractivity contribution in [2.45, 2.75) is 49.9 Å². The van der Waals surface area contributed by atoms with E-state index in [0.717, 1.165) is 68.3 Å². The van der Waals surface area contributed by atoms with E-state index in [2.05, 4.69) is 59.7 Å². The quantitative estimate of drug-likeness (QED) is 0.389. The molecule has 44 heavy (non-hydrogen) atoms. The second-order valence-electron chi connectivity index (χ2n) is 11.5. The molecule has 0 saturated carbocycles. The van der Waals surface area contributed by atoms with Crippen molar-refractivity contribution in [2.75, 3.05) is 44.2 Å². The lowest BCUT2D eigenvalue weighted by Gasteiger charge is -2.39. The van der Waals surface area contributed by atoms with Crippen LogP contribution in [0.4, 0.5) is 5.82 Å². The largest absolute Gasteiger partial charge is 0.351 e. The van der Waals surface area contributed by atoms with E-state index in [4.69, 9.17) is 23.2 Å². The van der Waals surface area contributed by atoms with Crippen LogP contribution in [0.25, 0.3) is 0 Å². The molecule has 0 unspecified atom stereocenters. The predicted molar refractivity (Wildman–Crippen MR) is 176 cm³/mol. The van der Waals surface area contributed by atoms with E-state index in [1.54, 1.807) is 12.4 Å². The number of nitriles is 1. The Labute approximate surface area is 270 Å². The zero-order valence-electron chi connectivity index (χ0n) is 24.6. The van der Waals surface area contributed by atoms with Crippen molar-refractivity contribution in [3.8, 4) is 29.8 Å². The zero-order valence-corrected chi connectivity index (χ0v) is 26.1. The minimum Gasteiger partial charge on any atom is -0.351 e. The molecule has 224 valence electrons. The van der Waals surface area contributed by atoms with Gasteiger partial charge in [-0.2, -0.15) is 5.26 Å². The van der Waals surface area contributed by atoms with Gasteiger partial charge in [0.05, 0.1) is 12.1 Å². The maximum atomic E-state index is 9.26. The van der Waals surface area contributed by atoms with Gasteiger partial charge < -0.3 is 10.2 Å². The van der Waals surface area contributed by atoms with E-state index in [1.807, 2.05) is 48.5 Å². The summed E-state index contributed by atoms with van der Waals surface area (Å²) in [6, 6.07) is 19.4. The Bertz CT molecular complexity index is 1630. The third kappa shape index (κ3) is 7.36.